The first-order chi connectivity index (χ1) is 12.2. The van der Waals surface area contributed by atoms with Gasteiger partial charge in [0.2, 0.25) is 5.91 Å². The number of imidazole rings is 1. The molecule has 0 aliphatic rings. The van der Waals surface area contributed by atoms with Gasteiger partial charge in [0.25, 0.3) is 0 Å². The Labute approximate surface area is 151 Å². The minimum Gasteiger partial charge on any atom is -0.496 e. The van der Waals surface area contributed by atoms with Crippen LogP contribution < -0.4 is 10.1 Å². The molecule has 0 saturated carbocycles. The second-order valence-electron chi connectivity index (χ2n) is 5.79. The molecule has 0 atom stereocenters. The Morgan fingerprint density at radius 1 is 1.24 bits per heavy atom. The summed E-state index contributed by atoms with van der Waals surface area (Å²) in [6, 6.07) is 11.7. The summed E-state index contributed by atoms with van der Waals surface area (Å²) in [5.41, 5.74) is 4.08. The van der Waals surface area contributed by atoms with Crippen LogP contribution in [-0.4, -0.2) is 28.2 Å². The number of hydrogen-bond donors (Lipinski definition) is 1. The van der Waals surface area contributed by atoms with Gasteiger partial charge >= 0.3 is 0 Å². The average molecular weight is 355 g/mol. The van der Waals surface area contributed by atoms with E-state index in [4.69, 9.17) is 4.74 Å². The summed E-state index contributed by atoms with van der Waals surface area (Å²) < 4.78 is 7.31. The van der Waals surface area contributed by atoms with Crippen LogP contribution in [0.15, 0.2) is 48.8 Å². The lowest BCUT2D eigenvalue weighted by Gasteiger charge is -2.09. The number of nitrogens with zero attached hydrogens (tertiary/aromatic N) is 2. The van der Waals surface area contributed by atoms with E-state index in [0.29, 0.717) is 18.1 Å². The highest BCUT2D eigenvalue weighted by molar-refractivity contribution is 7.99. The van der Waals surface area contributed by atoms with Gasteiger partial charge in [-0.3, -0.25) is 4.79 Å². The molecule has 3 aromatic rings. The number of rotatable bonds is 7. The first-order valence-corrected chi connectivity index (χ1v) is 9.22. The number of fused-ring (bicyclic) bond motifs is 1. The van der Waals surface area contributed by atoms with Gasteiger partial charge in [-0.1, -0.05) is 24.3 Å². The van der Waals surface area contributed by atoms with E-state index in [1.807, 2.05) is 47.0 Å². The number of ether oxygens (including phenoxy) is 1. The van der Waals surface area contributed by atoms with Gasteiger partial charge in [-0.2, -0.15) is 0 Å². The van der Waals surface area contributed by atoms with Crippen LogP contribution in [0.2, 0.25) is 0 Å². The molecule has 0 fully saturated rings. The standard InChI is InChI=1S/C19H21N3O2S/c1-14-7-8-18-21-16(11-22(18)10-14)12-25-13-19(23)20-9-15-5-3-4-6-17(15)24-2/h3-8,10-11H,9,12-13H2,1-2H3,(H,20,23). The normalized spacial score (nSPS) is 10.8. The molecule has 0 saturated heterocycles. The zero-order valence-corrected chi connectivity index (χ0v) is 15.2. The lowest BCUT2D eigenvalue weighted by Crippen LogP contribution is -2.24. The number of aryl methyl sites for hydroxylation is 1. The Bertz CT molecular complexity index is 876. The van der Waals surface area contributed by atoms with Gasteiger partial charge in [0.05, 0.1) is 18.6 Å². The summed E-state index contributed by atoms with van der Waals surface area (Å²) in [7, 11) is 1.63. The van der Waals surface area contributed by atoms with Gasteiger partial charge in [0.1, 0.15) is 11.4 Å². The van der Waals surface area contributed by atoms with Gasteiger partial charge in [-0.05, 0) is 24.6 Å². The molecule has 0 aliphatic carbocycles. The van der Waals surface area contributed by atoms with Crippen molar-refractivity contribution in [2.24, 2.45) is 0 Å². The van der Waals surface area contributed by atoms with Crippen LogP contribution in [0.3, 0.4) is 0 Å². The zero-order chi connectivity index (χ0) is 17.6. The molecule has 130 valence electrons. The summed E-state index contributed by atoms with van der Waals surface area (Å²) in [5, 5.41) is 2.93. The maximum atomic E-state index is 12.0. The highest BCUT2D eigenvalue weighted by Gasteiger charge is 2.07. The summed E-state index contributed by atoms with van der Waals surface area (Å²) in [5.74, 6) is 1.91. The van der Waals surface area contributed by atoms with Crippen molar-refractivity contribution in [2.45, 2.75) is 19.2 Å². The first-order valence-electron chi connectivity index (χ1n) is 8.06. The van der Waals surface area contributed by atoms with Crippen molar-refractivity contribution >= 4 is 23.3 Å². The predicted molar refractivity (Wildman–Crippen MR) is 101 cm³/mol. The van der Waals surface area contributed by atoms with E-state index in [1.165, 1.54) is 5.56 Å². The first kappa shape index (κ1) is 17.4. The molecule has 3 rings (SSSR count). The van der Waals surface area contributed by atoms with Gasteiger partial charge in [-0.15, -0.1) is 11.8 Å². The number of nitrogens with one attached hydrogen (secondary N) is 1. The Hall–Kier alpha value is -2.47. The van der Waals surface area contributed by atoms with Crippen LogP contribution in [0.5, 0.6) is 5.75 Å². The number of thioether (sulfide) groups is 1. The summed E-state index contributed by atoms with van der Waals surface area (Å²) in [4.78, 5) is 16.6. The Morgan fingerprint density at radius 3 is 2.92 bits per heavy atom. The van der Waals surface area contributed by atoms with Crippen LogP contribution >= 0.6 is 11.8 Å². The molecule has 0 aliphatic heterocycles. The van der Waals surface area contributed by atoms with E-state index in [0.717, 1.165) is 22.7 Å². The SMILES string of the molecule is COc1ccccc1CNC(=O)CSCc1cn2cc(C)ccc2n1. The molecule has 0 unspecified atom stereocenters. The molecule has 6 heteroatoms. The fraction of sp³-hybridized carbons (Fsp3) is 0.263. The minimum absolute atomic E-state index is 0.00974. The second-order valence-corrected chi connectivity index (χ2v) is 6.77. The molecule has 1 N–H and O–H groups in total. The maximum absolute atomic E-state index is 12.0. The molecule has 1 aromatic carbocycles. The quantitative estimate of drug-likeness (QED) is 0.707. The number of para-hydroxylation sites is 1. The molecule has 2 heterocycles. The fourth-order valence-corrected chi connectivity index (χ4v) is 3.30. The van der Waals surface area contributed by atoms with Gasteiger partial charge in [-0.25, -0.2) is 4.98 Å². The largest absolute Gasteiger partial charge is 0.496 e. The number of hydrogen-bond acceptors (Lipinski definition) is 4. The molecular formula is C19H21N3O2S. The number of carbonyl (C=O) groups excluding carboxylic acids is 1. The van der Waals surface area contributed by atoms with Crippen molar-refractivity contribution in [3.05, 3.63) is 65.6 Å². The number of amides is 1. The Kier molecular flexibility index (Phi) is 5.60. The van der Waals surface area contributed by atoms with Crippen molar-refractivity contribution in [2.75, 3.05) is 12.9 Å². The summed E-state index contributed by atoms with van der Waals surface area (Å²) >= 11 is 1.56. The van der Waals surface area contributed by atoms with E-state index < -0.39 is 0 Å². The third-order valence-electron chi connectivity index (χ3n) is 3.80. The molecule has 0 spiro atoms. The fourth-order valence-electron chi connectivity index (χ4n) is 2.57. The Balaban J connectivity index is 1.47. The van der Waals surface area contributed by atoms with Crippen LogP contribution in [0, 0.1) is 6.92 Å². The highest BCUT2D eigenvalue weighted by Crippen LogP contribution is 2.17. The van der Waals surface area contributed by atoms with Crippen molar-refractivity contribution in [1.82, 2.24) is 14.7 Å². The van der Waals surface area contributed by atoms with E-state index in [2.05, 4.69) is 23.4 Å². The molecule has 0 bridgehead atoms. The van der Waals surface area contributed by atoms with Crippen molar-refractivity contribution < 1.29 is 9.53 Å². The zero-order valence-electron chi connectivity index (χ0n) is 14.4. The topological polar surface area (TPSA) is 55.6 Å². The van der Waals surface area contributed by atoms with E-state index in [-0.39, 0.29) is 5.91 Å². The maximum Gasteiger partial charge on any atom is 0.230 e. The van der Waals surface area contributed by atoms with Gasteiger partial charge in [0.15, 0.2) is 0 Å². The van der Waals surface area contributed by atoms with Crippen LogP contribution in [0.1, 0.15) is 16.8 Å². The summed E-state index contributed by atoms with van der Waals surface area (Å²) in [6.07, 6.45) is 4.07. The van der Waals surface area contributed by atoms with Crippen molar-refractivity contribution in [3.63, 3.8) is 0 Å². The van der Waals surface area contributed by atoms with Crippen LogP contribution in [0.25, 0.3) is 5.65 Å². The summed E-state index contributed by atoms with van der Waals surface area (Å²) in [6.45, 7) is 2.52. The lowest BCUT2D eigenvalue weighted by atomic mass is 10.2. The monoisotopic (exact) mass is 355 g/mol. The van der Waals surface area contributed by atoms with Crippen LogP contribution in [-0.2, 0) is 17.1 Å². The minimum atomic E-state index is 0.00974. The second kappa shape index (κ2) is 8.07. The van der Waals surface area contributed by atoms with E-state index in [9.17, 15) is 4.79 Å². The molecule has 0 radical (unpaired) electrons. The number of pyridine rings is 1. The smallest absolute Gasteiger partial charge is 0.230 e. The Morgan fingerprint density at radius 2 is 2.08 bits per heavy atom. The number of aromatic nitrogens is 2. The molecular weight excluding hydrogens is 334 g/mol. The number of carbonyl (C=O) groups is 1. The van der Waals surface area contributed by atoms with Crippen molar-refractivity contribution in [3.8, 4) is 5.75 Å². The van der Waals surface area contributed by atoms with Crippen molar-refractivity contribution in [1.29, 1.82) is 0 Å². The third kappa shape index (κ3) is 4.54. The number of benzene rings is 1. The lowest BCUT2D eigenvalue weighted by molar-refractivity contribution is -0.118. The molecule has 5 nitrogen and oxygen atoms in total. The van der Waals surface area contributed by atoms with Gasteiger partial charge < -0.3 is 14.5 Å². The van der Waals surface area contributed by atoms with E-state index >= 15 is 0 Å². The number of methoxy groups -OCH3 is 1. The third-order valence-corrected chi connectivity index (χ3v) is 4.77. The predicted octanol–water partition coefficient (Wildman–Crippen LogP) is 3.20. The van der Waals surface area contributed by atoms with Crippen LogP contribution in [0.4, 0.5) is 0 Å². The van der Waals surface area contributed by atoms with Gasteiger partial charge in [0, 0.05) is 30.3 Å². The molecule has 1 amide bonds. The van der Waals surface area contributed by atoms with E-state index in [1.54, 1.807) is 18.9 Å². The molecule has 2 aromatic heterocycles. The average Bonchev–Trinajstić information content (AvgIpc) is 3.02. The molecule has 25 heavy (non-hydrogen) atoms. The highest BCUT2D eigenvalue weighted by atomic mass is 32.2.